The van der Waals surface area contributed by atoms with Crippen LogP contribution in [-0.2, 0) is 9.68 Å². The normalized spacial score (nSPS) is 10.0. The molecule has 0 unspecified atom stereocenters. The molecule has 0 saturated heterocycles. The fraction of sp³-hybridized carbons (Fsp3) is 0.0625. The average molecular weight is 407 g/mol. The number of rotatable bonds is 2. The number of pyridine rings is 1. The Morgan fingerprint density at radius 3 is 2.57 bits per heavy atom. The quantitative estimate of drug-likeness (QED) is 0.591. The van der Waals surface area contributed by atoms with E-state index in [1.807, 2.05) is 18.2 Å². The van der Waals surface area contributed by atoms with E-state index in [2.05, 4.69) is 17.1 Å². The van der Waals surface area contributed by atoms with Crippen LogP contribution in [0.15, 0.2) is 60.9 Å². The third kappa shape index (κ3) is 4.66. The summed E-state index contributed by atoms with van der Waals surface area (Å²) >= 11 is 6.72. The van der Waals surface area contributed by atoms with Crippen molar-refractivity contribution in [1.29, 1.82) is 0 Å². The van der Waals surface area contributed by atoms with Crippen molar-refractivity contribution in [2.75, 3.05) is 0 Å². The monoisotopic (exact) mass is 408 g/mol. The van der Waals surface area contributed by atoms with Gasteiger partial charge in [0, 0.05) is 23.2 Å². The summed E-state index contributed by atoms with van der Waals surface area (Å²) < 4.78 is 18.3. The van der Waals surface area contributed by atoms with Crippen LogP contribution in [0.25, 0.3) is 10.8 Å². The topological polar surface area (TPSA) is 22.1 Å². The number of hydrogen-bond acceptors (Lipinski definition) is 2. The molecule has 0 amide bonds. The predicted molar refractivity (Wildman–Crippen MR) is 83.7 cm³/mol. The van der Waals surface area contributed by atoms with Gasteiger partial charge in [-0.25, -0.2) is 4.39 Å². The molecule has 0 N–H and O–H groups in total. The fourth-order valence-electron chi connectivity index (χ4n) is 1.76. The zero-order valence-electron chi connectivity index (χ0n) is 11.1. The van der Waals surface area contributed by atoms with Gasteiger partial charge in [0.05, 0.1) is 5.02 Å². The van der Waals surface area contributed by atoms with Gasteiger partial charge in [-0.1, -0.05) is 17.7 Å². The molecule has 0 fully saturated rings. The van der Waals surface area contributed by atoms with Gasteiger partial charge in [-0.15, -0.1) is 0 Å². The van der Waals surface area contributed by atoms with Gasteiger partial charge < -0.3 is 0 Å². The molecule has 1 aromatic heterocycles. The van der Waals surface area contributed by atoms with Gasteiger partial charge in [0.1, 0.15) is 5.82 Å². The van der Waals surface area contributed by atoms with Crippen LogP contribution in [0.4, 0.5) is 4.39 Å². The van der Waals surface area contributed by atoms with E-state index in [4.69, 9.17) is 14.7 Å². The molecule has 3 rings (SSSR count). The summed E-state index contributed by atoms with van der Waals surface area (Å²) in [6, 6.07) is 15.0. The molecular formula is C16H12ClFNOSn. The summed E-state index contributed by atoms with van der Waals surface area (Å²) in [7, 11) is 0. The Kier molecular flexibility index (Phi) is 6.42. The number of halogens is 2. The van der Waals surface area contributed by atoms with Gasteiger partial charge in [-0.05, 0) is 12.1 Å². The van der Waals surface area contributed by atoms with Gasteiger partial charge in [-0.3, -0.25) is 4.98 Å². The van der Waals surface area contributed by atoms with E-state index in [0.29, 0.717) is 5.39 Å². The zero-order chi connectivity index (χ0) is 15.1. The van der Waals surface area contributed by atoms with E-state index in [0.717, 1.165) is 34.9 Å². The van der Waals surface area contributed by atoms with Crippen LogP contribution in [0, 0.1) is 5.82 Å². The molecule has 2 aromatic carbocycles. The standard InChI is InChI=1S/C9H5ClFN.C7H7O.Sn/c10-8-2-1-6-5-12-4-3-7(6)9(8)11;8-6-7-4-2-1-3-5-7;/h1-5H;1-5H,6H2;/q;-1;+1. The second kappa shape index (κ2) is 8.31. The summed E-state index contributed by atoms with van der Waals surface area (Å²) in [6.45, 7) is 0.749. The molecule has 0 aliphatic heterocycles. The zero-order valence-corrected chi connectivity index (χ0v) is 14.7. The molecule has 0 bridgehead atoms. The van der Waals surface area contributed by atoms with Crippen molar-refractivity contribution in [3.8, 4) is 0 Å². The molecule has 2 nitrogen and oxygen atoms in total. The first-order chi connectivity index (χ1) is 10.2. The Labute approximate surface area is 141 Å². The summed E-state index contributed by atoms with van der Waals surface area (Å²) in [6.07, 6.45) is 3.15. The van der Waals surface area contributed by atoms with Crippen LogP contribution in [0.2, 0.25) is 5.02 Å². The fourth-order valence-corrected chi connectivity index (χ4v) is 2.40. The first-order valence-corrected chi connectivity index (χ1v) is 7.77. The van der Waals surface area contributed by atoms with Crippen LogP contribution in [-0.4, -0.2) is 27.9 Å². The van der Waals surface area contributed by atoms with Crippen molar-refractivity contribution in [1.82, 2.24) is 4.98 Å². The molecule has 105 valence electrons. The maximum atomic E-state index is 13.2. The molecule has 5 heteroatoms. The van der Waals surface area contributed by atoms with E-state index < -0.39 is 0 Å². The Morgan fingerprint density at radius 2 is 1.86 bits per heavy atom. The van der Waals surface area contributed by atoms with Crippen molar-refractivity contribution in [2.24, 2.45) is 0 Å². The molecular weight excluding hydrogens is 395 g/mol. The number of nitrogens with zero attached hydrogens (tertiary/aromatic N) is 1. The van der Waals surface area contributed by atoms with Crippen LogP contribution in [0.5, 0.6) is 0 Å². The summed E-state index contributed by atoms with van der Waals surface area (Å²) in [4.78, 5) is 3.87. The maximum absolute atomic E-state index is 13.2. The van der Waals surface area contributed by atoms with Crippen molar-refractivity contribution >= 4 is 45.3 Å². The summed E-state index contributed by atoms with van der Waals surface area (Å²) in [5, 5.41) is 1.42. The predicted octanol–water partition coefficient (Wildman–Crippen LogP) is 4.31. The Balaban J connectivity index is 0.000000161. The number of fused-ring (bicyclic) bond motifs is 1. The minimum atomic E-state index is -0.378. The van der Waals surface area contributed by atoms with Crippen molar-refractivity contribution < 1.29 is 7.46 Å². The molecule has 0 saturated carbocycles. The Bertz CT molecular complexity index is 709. The average Bonchev–Trinajstić information content (AvgIpc) is 2.53. The second-order valence-electron chi connectivity index (χ2n) is 4.23. The van der Waals surface area contributed by atoms with Gasteiger partial charge in [0.25, 0.3) is 0 Å². The Hall–Kier alpha value is -1.17. The van der Waals surface area contributed by atoms with Gasteiger partial charge in [-0.2, -0.15) is 0 Å². The third-order valence-electron chi connectivity index (χ3n) is 2.79. The van der Waals surface area contributed by atoms with E-state index in [1.54, 1.807) is 24.5 Å². The van der Waals surface area contributed by atoms with E-state index in [1.165, 1.54) is 11.6 Å². The van der Waals surface area contributed by atoms with E-state index in [-0.39, 0.29) is 10.8 Å². The first kappa shape index (κ1) is 16.2. The number of aromatic nitrogens is 1. The van der Waals surface area contributed by atoms with E-state index in [9.17, 15) is 4.39 Å². The second-order valence-corrected chi connectivity index (χ2v) is 5.46. The van der Waals surface area contributed by atoms with Crippen LogP contribution < -0.4 is 0 Å². The molecule has 21 heavy (non-hydrogen) atoms. The molecule has 3 radical (unpaired) electrons. The van der Waals surface area contributed by atoms with Crippen LogP contribution in [0.3, 0.4) is 0 Å². The number of benzene rings is 2. The van der Waals surface area contributed by atoms with Crippen molar-refractivity contribution in [3.63, 3.8) is 0 Å². The number of hydrogen-bond donors (Lipinski definition) is 0. The molecule has 0 spiro atoms. The molecule has 3 aromatic rings. The molecule has 1 heterocycles. The van der Waals surface area contributed by atoms with Crippen molar-refractivity contribution in [2.45, 2.75) is 6.61 Å². The Morgan fingerprint density at radius 1 is 1.10 bits per heavy atom. The minimum absolute atomic E-state index is 0.147. The molecule has 0 aliphatic carbocycles. The first-order valence-electron chi connectivity index (χ1n) is 6.22. The van der Waals surface area contributed by atoms with Gasteiger partial charge in [0.2, 0.25) is 0 Å². The van der Waals surface area contributed by atoms with Crippen LogP contribution >= 0.6 is 11.6 Å². The summed E-state index contributed by atoms with van der Waals surface area (Å²) in [5.41, 5.74) is 1.24. The molecule has 0 aliphatic rings. The molecule has 0 atom stereocenters. The third-order valence-corrected chi connectivity index (χ3v) is 3.49. The van der Waals surface area contributed by atoms with E-state index >= 15 is 0 Å². The summed E-state index contributed by atoms with van der Waals surface area (Å²) in [5.74, 6) is -0.378. The van der Waals surface area contributed by atoms with Crippen molar-refractivity contribution in [3.05, 3.63) is 77.3 Å². The van der Waals surface area contributed by atoms with Crippen LogP contribution in [0.1, 0.15) is 5.56 Å². The van der Waals surface area contributed by atoms with Gasteiger partial charge in [0.15, 0.2) is 0 Å². The SMILES string of the molecule is Fc1c(Cl)ccc2cnccc12.[Sn][O]Cc1ccccc1. The van der Waals surface area contributed by atoms with Gasteiger partial charge >= 0.3 is 68.5 Å².